The number of likely N-dealkylation sites (tertiary alicyclic amines) is 1. The van der Waals surface area contributed by atoms with Crippen LogP contribution in [-0.2, 0) is 0 Å². The summed E-state index contributed by atoms with van der Waals surface area (Å²) in [7, 11) is 0. The van der Waals surface area contributed by atoms with Gasteiger partial charge in [-0.1, -0.05) is 32.0 Å². The number of benzene rings is 1. The van der Waals surface area contributed by atoms with Crippen LogP contribution in [0, 0.1) is 5.92 Å². The second-order valence-corrected chi connectivity index (χ2v) is 6.00. The number of nitrogens with zero attached hydrogens (tertiary/aromatic N) is 1. The second kappa shape index (κ2) is 7.65. The summed E-state index contributed by atoms with van der Waals surface area (Å²) in [6.45, 7) is 9.07. The maximum absolute atomic E-state index is 9.94. The van der Waals surface area contributed by atoms with Crippen molar-refractivity contribution in [1.29, 1.82) is 0 Å². The first-order chi connectivity index (χ1) is 9.70. The highest BCUT2D eigenvalue weighted by molar-refractivity contribution is 5.34. The summed E-state index contributed by atoms with van der Waals surface area (Å²) in [6.07, 6.45) is 3.65. The van der Waals surface area contributed by atoms with Crippen molar-refractivity contribution >= 4 is 0 Å². The molecule has 1 heterocycles. The van der Waals surface area contributed by atoms with Gasteiger partial charge in [-0.05, 0) is 44.3 Å². The van der Waals surface area contributed by atoms with Gasteiger partial charge in [0, 0.05) is 24.7 Å². The molecule has 2 rings (SSSR count). The van der Waals surface area contributed by atoms with Crippen molar-refractivity contribution < 1.29 is 5.11 Å². The Balaban J connectivity index is 1.78. The summed E-state index contributed by atoms with van der Waals surface area (Å²) in [5.41, 5.74) is 1.02. The molecule has 0 aromatic heterocycles. The first-order valence-electron chi connectivity index (χ1n) is 7.94. The van der Waals surface area contributed by atoms with E-state index in [4.69, 9.17) is 0 Å². The molecule has 0 spiro atoms. The molecule has 0 amide bonds. The van der Waals surface area contributed by atoms with Gasteiger partial charge in [0.2, 0.25) is 0 Å². The van der Waals surface area contributed by atoms with Gasteiger partial charge in [-0.25, -0.2) is 0 Å². The Labute approximate surface area is 123 Å². The number of hydrogen-bond donors (Lipinski definition) is 2. The van der Waals surface area contributed by atoms with Crippen molar-refractivity contribution in [3.63, 3.8) is 0 Å². The van der Waals surface area contributed by atoms with E-state index in [1.54, 1.807) is 6.07 Å². The van der Waals surface area contributed by atoms with Crippen molar-refractivity contribution in [3.05, 3.63) is 29.8 Å². The van der Waals surface area contributed by atoms with Crippen LogP contribution in [0.15, 0.2) is 24.3 Å². The Hall–Kier alpha value is -1.06. The van der Waals surface area contributed by atoms with E-state index >= 15 is 0 Å². The topological polar surface area (TPSA) is 35.5 Å². The van der Waals surface area contributed by atoms with Crippen LogP contribution in [0.3, 0.4) is 0 Å². The summed E-state index contributed by atoms with van der Waals surface area (Å²) < 4.78 is 0. The number of piperidine rings is 1. The first kappa shape index (κ1) is 15.3. The molecule has 0 saturated carbocycles. The molecule has 2 N–H and O–H groups in total. The molecule has 1 aromatic rings. The fourth-order valence-electron chi connectivity index (χ4n) is 2.94. The number of hydrogen-bond acceptors (Lipinski definition) is 3. The highest BCUT2D eigenvalue weighted by Gasteiger charge is 2.16. The van der Waals surface area contributed by atoms with Crippen LogP contribution in [0.25, 0.3) is 0 Å². The van der Waals surface area contributed by atoms with Gasteiger partial charge in [0.15, 0.2) is 0 Å². The van der Waals surface area contributed by atoms with Crippen LogP contribution in [0.2, 0.25) is 0 Å². The molecule has 0 bridgehead atoms. The van der Waals surface area contributed by atoms with Gasteiger partial charge in [0.05, 0.1) is 0 Å². The highest BCUT2D eigenvalue weighted by atomic mass is 16.3. The maximum Gasteiger partial charge on any atom is 0.120 e. The molecule has 1 fully saturated rings. The van der Waals surface area contributed by atoms with Crippen molar-refractivity contribution in [2.24, 2.45) is 5.92 Å². The molecule has 112 valence electrons. The van der Waals surface area contributed by atoms with E-state index in [0.717, 1.165) is 31.0 Å². The van der Waals surface area contributed by atoms with Crippen LogP contribution in [0.5, 0.6) is 5.75 Å². The average molecular weight is 276 g/mol. The predicted octanol–water partition coefficient (Wildman–Crippen LogP) is 3.16. The Kier molecular flexibility index (Phi) is 5.86. The molecule has 1 unspecified atom stereocenters. The van der Waals surface area contributed by atoms with Crippen molar-refractivity contribution in [1.82, 2.24) is 10.2 Å². The SMILES string of the molecule is CCC(NCCN1CCC(C)CC1)c1ccccc1O. The van der Waals surface area contributed by atoms with Crippen molar-refractivity contribution in [2.45, 2.75) is 39.2 Å². The lowest BCUT2D eigenvalue weighted by molar-refractivity contribution is 0.191. The van der Waals surface area contributed by atoms with Gasteiger partial charge in [-0.2, -0.15) is 0 Å². The fourth-order valence-corrected chi connectivity index (χ4v) is 2.94. The molecule has 1 aliphatic rings. The molecule has 1 aliphatic heterocycles. The monoisotopic (exact) mass is 276 g/mol. The van der Waals surface area contributed by atoms with Crippen LogP contribution in [0.4, 0.5) is 0 Å². The molecular formula is C17H28N2O. The van der Waals surface area contributed by atoms with Gasteiger partial charge in [0.1, 0.15) is 5.75 Å². The average Bonchev–Trinajstić information content (AvgIpc) is 2.47. The van der Waals surface area contributed by atoms with E-state index < -0.39 is 0 Å². The Morgan fingerprint density at radius 1 is 1.30 bits per heavy atom. The summed E-state index contributed by atoms with van der Waals surface area (Å²) in [4.78, 5) is 2.55. The minimum absolute atomic E-state index is 0.250. The molecule has 3 nitrogen and oxygen atoms in total. The Morgan fingerprint density at radius 2 is 2.00 bits per heavy atom. The van der Waals surface area contributed by atoms with E-state index in [0.29, 0.717) is 5.75 Å². The smallest absolute Gasteiger partial charge is 0.120 e. The van der Waals surface area contributed by atoms with Crippen LogP contribution >= 0.6 is 0 Å². The zero-order valence-electron chi connectivity index (χ0n) is 12.8. The second-order valence-electron chi connectivity index (χ2n) is 6.00. The van der Waals surface area contributed by atoms with E-state index in [-0.39, 0.29) is 6.04 Å². The lowest BCUT2D eigenvalue weighted by Crippen LogP contribution is -2.38. The number of nitrogens with one attached hydrogen (secondary N) is 1. The normalized spacial score (nSPS) is 19.1. The standard InChI is InChI=1S/C17H28N2O/c1-3-16(15-6-4-5-7-17(15)20)18-10-13-19-11-8-14(2)9-12-19/h4-7,14,16,18,20H,3,8-13H2,1-2H3. The third kappa shape index (κ3) is 4.22. The number of para-hydroxylation sites is 1. The molecule has 1 saturated heterocycles. The van der Waals surface area contributed by atoms with Crippen molar-refractivity contribution in [3.8, 4) is 5.75 Å². The van der Waals surface area contributed by atoms with Gasteiger partial charge in [-0.3, -0.25) is 0 Å². The minimum Gasteiger partial charge on any atom is -0.508 e. The van der Waals surface area contributed by atoms with Crippen LogP contribution in [-0.4, -0.2) is 36.2 Å². The summed E-state index contributed by atoms with van der Waals surface area (Å²) in [6, 6.07) is 7.90. The van der Waals surface area contributed by atoms with Crippen LogP contribution < -0.4 is 5.32 Å². The fraction of sp³-hybridized carbons (Fsp3) is 0.647. The quantitative estimate of drug-likeness (QED) is 0.838. The molecule has 3 heteroatoms. The van der Waals surface area contributed by atoms with E-state index in [1.807, 2.05) is 18.2 Å². The van der Waals surface area contributed by atoms with E-state index in [1.165, 1.54) is 25.9 Å². The summed E-state index contributed by atoms with van der Waals surface area (Å²) in [5, 5.41) is 13.5. The first-order valence-corrected chi connectivity index (χ1v) is 7.94. The molecule has 1 atom stereocenters. The largest absolute Gasteiger partial charge is 0.508 e. The summed E-state index contributed by atoms with van der Waals surface area (Å²) >= 11 is 0. The Bertz CT molecular complexity index is 400. The minimum atomic E-state index is 0.250. The number of aromatic hydroxyl groups is 1. The number of phenols is 1. The molecule has 1 aromatic carbocycles. The molecule has 20 heavy (non-hydrogen) atoms. The van der Waals surface area contributed by atoms with Gasteiger partial charge in [0.25, 0.3) is 0 Å². The van der Waals surface area contributed by atoms with Crippen molar-refractivity contribution in [2.75, 3.05) is 26.2 Å². The third-order valence-electron chi connectivity index (χ3n) is 4.42. The van der Waals surface area contributed by atoms with E-state index in [2.05, 4.69) is 24.1 Å². The lowest BCUT2D eigenvalue weighted by Gasteiger charge is -2.30. The molecular weight excluding hydrogens is 248 g/mol. The van der Waals surface area contributed by atoms with E-state index in [9.17, 15) is 5.11 Å². The van der Waals surface area contributed by atoms with Gasteiger partial charge < -0.3 is 15.3 Å². The van der Waals surface area contributed by atoms with Crippen LogP contribution in [0.1, 0.15) is 44.7 Å². The van der Waals surface area contributed by atoms with Gasteiger partial charge >= 0.3 is 0 Å². The highest BCUT2D eigenvalue weighted by Crippen LogP contribution is 2.25. The number of phenolic OH excluding ortho intramolecular Hbond substituents is 1. The molecule has 0 radical (unpaired) electrons. The lowest BCUT2D eigenvalue weighted by atomic mass is 9.99. The third-order valence-corrected chi connectivity index (χ3v) is 4.42. The zero-order valence-corrected chi connectivity index (χ0v) is 12.8. The zero-order chi connectivity index (χ0) is 14.4. The maximum atomic E-state index is 9.94. The number of rotatable bonds is 6. The predicted molar refractivity (Wildman–Crippen MR) is 84.0 cm³/mol. The molecule has 0 aliphatic carbocycles. The van der Waals surface area contributed by atoms with Gasteiger partial charge in [-0.15, -0.1) is 0 Å². The Morgan fingerprint density at radius 3 is 2.65 bits per heavy atom. The summed E-state index contributed by atoms with van der Waals surface area (Å²) in [5.74, 6) is 1.29.